The second kappa shape index (κ2) is 5.76. The van der Waals surface area contributed by atoms with Crippen LogP contribution in [-0.4, -0.2) is 40.9 Å². The maximum absolute atomic E-state index is 11.5. The summed E-state index contributed by atoms with van der Waals surface area (Å²) < 4.78 is 0. The van der Waals surface area contributed by atoms with Crippen molar-refractivity contribution in [3.63, 3.8) is 0 Å². The predicted octanol–water partition coefficient (Wildman–Crippen LogP) is -0.935. The molecular formula is C9H12N4O3. The fourth-order valence-corrected chi connectivity index (χ4v) is 1.10. The van der Waals surface area contributed by atoms with Gasteiger partial charge in [-0.1, -0.05) is 5.16 Å². The number of hydrogen-bond acceptors (Lipinski definition) is 6. The summed E-state index contributed by atoms with van der Waals surface area (Å²) in [5, 5.41) is 15.1. The number of carbonyl (C=O) groups is 1. The third kappa shape index (κ3) is 2.51. The highest BCUT2D eigenvalue weighted by atomic mass is 16.6. The van der Waals surface area contributed by atoms with Gasteiger partial charge >= 0.3 is 0 Å². The fraction of sp³-hybridized carbons (Fsp3) is 0.333. The average molecular weight is 224 g/mol. The summed E-state index contributed by atoms with van der Waals surface area (Å²) in [7, 11) is 2.79. The first-order chi connectivity index (χ1) is 7.74. The monoisotopic (exact) mass is 224 g/mol. The highest BCUT2D eigenvalue weighted by molar-refractivity contribution is 6.45. The molecule has 0 bridgehead atoms. The van der Waals surface area contributed by atoms with Crippen LogP contribution in [0.1, 0.15) is 11.3 Å². The lowest BCUT2D eigenvalue weighted by atomic mass is 10.1. The second-order valence-corrected chi connectivity index (χ2v) is 2.74. The zero-order valence-corrected chi connectivity index (χ0v) is 8.97. The molecule has 0 spiro atoms. The molecule has 0 saturated heterocycles. The molecule has 1 aromatic heterocycles. The molecular weight excluding hydrogens is 212 g/mol. The van der Waals surface area contributed by atoms with Crippen LogP contribution in [0, 0.1) is 0 Å². The molecule has 2 N–H and O–H groups in total. The first kappa shape index (κ1) is 12.1. The van der Waals surface area contributed by atoms with Gasteiger partial charge < -0.3 is 15.3 Å². The van der Waals surface area contributed by atoms with E-state index in [2.05, 4.69) is 25.3 Å². The lowest BCUT2D eigenvalue weighted by Crippen LogP contribution is -2.29. The van der Waals surface area contributed by atoms with Crippen molar-refractivity contribution >= 4 is 11.6 Å². The van der Waals surface area contributed by atoms with E-state index in [9.17, 15) is 4.79 Å². The van der Waals surface area contributed by atoms with Crippen molar-refractivity contribution in [2.24, 2.45) is 5.16 Å². The summed E-state index contributed by atoms with van der Waals surface area (Å²) in [6.07, 6.45) is 2.68. The maximum Gasteiger partial charge on any atom is 0.273 e. The number of aromatic nitrogens is 2. The van der Waals surface area contributed by atoms with Crippen LogP contribution < -0.4 is 5.32 Å². The molecule has 0 atom stereocenters. The number of amides is 1. The molecule has 0 aromatic carbocycles. The molecule has 7 heteroatoms. The molecule has 86 valence electrons. The minimum Gasteiger partial charge on any atom is -0.398 e. The minimum atomic E-state index is -0.439. The smallest absolute Gasteiger partial charge is 0.273 e. The summed E-state index contributed by atoms with van der Waals surface area (Å²) in [5.41, 5.74) is 0.676. The van der Waals surface area contributed by atoms with Crippen LogP contribution >= 0.6 is 0 Å². The van der Waals surface area contributed by atoms with Crippen LogP contribution in [0.25, 0.3) is 0 Å². The molecule has 16 heavy (non-hydrogen) atoms. The molecule has 1 amide bonds. The number of aliphatic hydroxyl groups excluding tert-OH is 1. The van der Waals surface area contributed by atoms with Gasteiger partial charge in [0.15, 0.2) is 5.71 Å². The van der Waals surface area contributed by atoms with Crippen molar-refractivity contribution < 1.29 is 14.7 Å². The third-order valence-corrected chi connectivity index (χ3v) is 1.82. The van der Waals surface area contributed by atoms with Crippen LogP contribution in [0.15, 0.2) is 17.7 Å². The molecule has 0 aliphatic heterocycles. The Morgan fingerprint density at radius 1 is 1.69 bits per heavy atom. The van der Waals surface area contributed by atoms with E-state index in [4.69, 9.17) is 5.11 Å². The number of likely N-dealkylation sites (N-methyl/N-ethyl adjacent to an activating group) is 1. The van der Waals surface area contributed by atoms with Gasteiger partial charge in [-0.15, -0.1) is 0 Å². The van der Waals surface area contributed by atoms with Gasteiger partial charge in [-0.2, -0.15) is 0 Å². The normalized spacial score (nSPS) is 11.1. The SMILES string of the molecule is CNC(=O)/C(=N/OC)c1cncnc1CO. The van der Waals surface area contributed by atoms with E-state index in [0.717, 1.165) is 0 Å². The van der Waals surface area contributed by atoms with Crippen LogP contribution in [-0.2, 0) is 16.2 Å². The van der Waals surface area contributed by atoms with Gasteiger partial charge in [-0.25, -0.2) is 9.97 Å². The van der Waals surface area contributed by atoms with E-state index in [1.54, 1.807) is 0 Å². The molecule has 0 aliphatic carbocycles. The summed E-state index contributed by atoms with van der Waals surface area (Å²) in [4.78, 5) is 23.7. The van der Waals surface area contributed by atoms with Gasteiger partial charge in [0.2, 0.25) is 0 Å². The van der Waals surface area contributed by atoms with Crippen molar-refractivity contribution in [2.75, 3.05) is 14.2 Å². The summed E-state index contributed by atoms with van der Waals surface area (Å²) >= 11 is 0. The second-order valence-electron chi connectivity index (χ2n) is 2.74. The Hall–Kier alpha value is -2.02. The Morgan fingerprint density at radius 3 is 3.00 bits per heavy atom. The van der Waals surface area contributed by atoms with Crippen molar-refractivity contribution in [3.8, 4) is 0 Å². The van der Waals surface area contributed by atoms with Crippen molar-refractivity contribution in [1.82, 2.24) is 15.3 Å². The fourth-order valence-electron chi connectivity index (χ4n) is 1.10. The largest absolute Gasteiger partial charge is 0.398 e. The number of nitrogens with one attached hydrogen (secondary N) is 1. The van der Waals surface area contributed by atoms with Crippen LogP contribution in [0.5, 0.6) is 0 Å². The van der Waals surface area contributed by atoms with Gasteiger partial charge in [0, 0.05) is 13.2 Å². The zero-order valence-electron chi connectivity index (χ0n) is 8.97. The van der Waals surface area contributed by atoms with Gasteiger partial charge in [-0.3, -0.25) is 4.79 Å². The standard InChI is InChI=1S/C9H12N4O3/c1-10-9(15)8(13-16-2)6-3-11-5-12-7(6)4-14/h3,5,14H,4H2,1-2H3,(H,10,15)/b13-8+. The Labute approximate surface area is 92.2 Å². The predicted molar refractivity (Wildman–Crippen MR) is 55.6 cm³/mol. The lowest BCUT2D eigenvalue weighted by molar-refractivity contribution is -0.114. The van der Waals surface area contributed by atoms with Gasteiger partial charge in [0.25, 0.3) is 5.91 Å². The lowest BCUT2D eigenvalue weighted by Gasteiger charge is -2.06. The van der Waals surface area contributed by atoms with E-state index < -0.39 is 5.91 Å². The van der Waals surface area contributed by atoms with Crippen molar-refractivity contribution in [3.05, 3.63) is 23.8 Å². The Kier molecular flexibility index (Phi) is 4.34. The molecule has 0 aliphatic rings. The van der Waals surface area contributed by atoms with Gasteiger partial charge in [0.05, 0.1) is 17.9 Å². The van der Waals surface area contributed by atoms with E-state index in [1.807, 2.05) is 0 Å². The number of aliphatic hydroxyl groups is 1. The molecule has 0 unspecified atom stereocenters. The van der Waals surface area contributed by atoms with E-state index in [-0.39, 0.29) is 12.3 Å². The van der Waals surface area contributed by atoms with Gasteiger partial charge in [-0.05, 0) is 0 Å². The number of nitrogens with zero attached hydrogens (tertiary/aromatic N) is 3. The van der Waals surface area contributed by atoms with Crippen molar-refractivity contribution in [1.29, 1.82) is 0 Å². The number of oxime groups is 1. The molecule has 0 saturated carbocycles. The average Bonchev–Trinajstić information content (AvgIpc) is 2.35. The van der Waals surface area contributed by atoms with E-state index in [0.29, 0.717) is 11.3 Å². The molecule has 0 fully saturated rings. The molecule has 1 heterocycles. The highest BCUT2D eigenvalue weighted by Gasteiger charge is 2.18. The van der Waals surface area contributed by atoms with E-state index >= 15 is 0 Å². The quantitative estimate of drug-likeness (QED) is 0.508. The zero-order chi connectivity index (χ0) is 12.0. The molecule has 7 nitrogen and oxygen atoms in total. The summed E-state index contributed by atoms with van der Waals surface area (Å²) in [5.74, 6) is -0.439. The number of hydrogen-bond donors (Lipinski definition) is 2. The first-order valence-corrected chi connectivity index (χ1v) is 4.48. The molecule has 1 aromatic rings. The summed E-state index contributed by atoms with van der Waals surface area (Å²) in [6.45, 7) is -0.308. The number of carbonyl (C=O) groups excluding carboxylic acids is 1. The Bertz CT molecular complexity index is 405. The number of rotatable bonds is 4. The third-order valence-electron chi connectivity index (χ3n) is 1.82. The minimum absolute atomic E-state index is 0.0228. The topological polar surface area (TPSA) is 96.7 Å². The van der Waals surface area contributed by atoms with Crippen LogP contribution in [0.4, 0.5) is 0 Å². The molecule has 1 rings (SSSR count). The Balaban J connectivity index is 3.21. The van der Waals surface area contributed by atoms with E-state index in [1.165, 1.54) is 26.7 Å². The Morgan fingerprint density at radius 2 is 2.44 bits per heavy atom. The van der Waals surface area contributed by atoms with Crippen molar-refractivity contribution in [2.45, 2.75) is 6.61 Å². The summed E-state index contributed by atoms with van der Waals surface area (Å²) in [6, 6.07) is 0. The van der Waals surface area contributed by atoms with Crippen LogP contribution in [0.2, 0.25) is 0 Å². The highest BCUT2D eigenvalue weighted by Crippen LogP contribution is 2.06. The maximum atomic E-state index is 11.5. The molecule has 0 radical (unpaired) electrons. The van der Waals surface area contributed by atoms with Crippen LogP contribution in [0.3, 0.4) is 0 Å². The van der Waals surface area contributed by atoms with Gasteiger partial charge in [0.1, 0.15) is 13.4 Å². The first-order valence-electron chi connectivity index (χ1n) is 4.48.